The van der Waals surface area contributed by atoms with E-state index in [2.05, 4.69) is 15.6 Å². The predicted octanol–water partition coefficient (Wildman–Crippen LogP) is 4.36. The molecule has 120 valence electrons. The lowest BCUT2D eigenvalue weighted by atomic mass is 10.2. The third-order valence-electron chi connectivity index (χ3n) is 3.26. The number of amides is 1. The van der Waals surface area contributed by atoms with Crippen molar-refractivity contribution >= 4 is 23.0 Å². The summed E-state index contributed by atoms with van der Waals surface area (Å²) >= 11 is 0. The topological polar surface area (TPSA) is 54.0 Å². The molecule has 0 spiro atoms. The van der Waals surface area contributed by atoms with Gasteiger partial charge in [0.15, 0.2) is 0 Å². The average molecular weight is 325 g/mol. The Balaban J connectivity index is 1.76. The van der Waals surface area contributed by atoms with Gasteiger partial charge in [-0.1, -0.05) is 12.1 Å². The lowest BCUT2D eigenvalue weighted by Crippen LogP contribution is -2.12. The fraction of sp³-hybridized carbons (Fsp3) is 0. The second-order valence-corrected chi connectivity index (χ2v) is 5.03. The van der Waals surface area contributed by atoms with Crippen LogP contribution in [-0.4, -0.2) is 10.9 Å². The Hall–Kier alpha value is -3.28. The zero-order valence-electron chi connectivity index (χ0n) is 12.5. The van der Waals surface area contributed by atoms with Gasteiger partial charge in [0.05, 0.1) is 23.1 Å². The number of para-hydroxylation sites is 1. The minimum absolute atomic E-state index is 0.287. The van der Waals surface area contributed by atoms with Crippen molar-refractivity contribution < 1.29 is 13.6 Å². The van der Waals surface area contributed by atoms with E-state index in [9.17, 15) is 13.6 Å². The predicted molar refractivity (Wildman–Crippen MR) is 88.3 cm³/mol. The molecule has 0 aliphatic rings. The molecule has 24 heavy (non-hydrogen) atoms. The monoisotopic (exact) mass is 325 g/mol. The first-order valence-corrected chi connectivity index (χ1v) is 7.15. The first-order chi connectivity index (χ1) is 11.6. The molecular weight excluding hydrogens is 312 g/mol. The van der Waals surface area contributed by atoms with E-state index in [-0.39, 0.29) is 11.5 Å². The smallest absolute Gasteiger partial charge is 0.257 e. The van der Waals surface area contributed by atoms with Crippen molar-refractivity contribution in [3.8, 4) is 0 Å². The highest BCUT2D eigenvalue weighted by molar-refractivity contribution is 6.04. The second kappa shape index (κ2) is 6.87. The van der Waals surface area contributed by atoms with Gasteiger partial charge in [0.1, 0.15) is 11.6 Å². The van der Waals surface area contributed by atoms with Crippen molar-refractivity contribution in [3.63, 3.8) is 0 Å². The Bertz CT molecular complexity index is 866. The molecule has 3 aromatic rings. The van der Waals surface area contributed by atoms with Gasteiger partial charge in [0.2, 0.25) is 0 Å². The van der Waals surface area contributed by atoms with Crippen molar-refractivity contribution in [1.29, 1.82) is 0 Å². The molecule has 0 aliphatic heterocycles. The molecule has 3 rings (SSSR count). The Morgan fingerprint density at radius 1 is 0.917 bits per heavy atom. The van der Waals surface area contributed by atoms with E-state index < -0.39 is 11.7 Å². The molecule has 0 fully saturated rings. The van der Waals surface area contributed by atoms with Gasteiger partial charge in [-0.2, -0.15) is 0 Å². The molecule has 1 amide bonds. The Morgan fingerprint density at radius 3 is 2.42 bits per heavy atom. The number of hydrogen-bond acceptors (Lipinski definition) is 3. The molecule has 0 aliphatic carbocycles. The number of hydrogen-bond donors (Lipinski definition) is 2. The fourth-order valence-corrected chi connectivity index (χ4v) is 2.09. The standard InChI is InChI=1S/C18H13F2N3O/c19-13-5-7-14(8-6-13)23-18(24)12-9-15(11-21-10-12)22-17-4-2-1-3-16(17)20/h1-11,22H,(H,23,24). The van der Waals surface area contributed by atoms with E-state index in [0.717, 1.165) is 0 Å². The fourth-order valence-electron chi connectivity index (χ4n) is 2.09. The average Bonchev–Trinajstić information content (AvgIpc) is 2.59. The summed E-state index contributed by atoms with van der Waals surface area (Å²) in [5.41, 5.74) is 1.52. The molecule has 4 nitrogen and oxygen atoms in total. The maximum absolute atomic E-state index is 13.7. The number of carbonyl (C=O) groups excluding carboxylic acids is 1. The number of carbonyl (C=O) groups is 1. The van der Waals surface area contributed by atoms with Crippen LogP contribution in [0.1, 0.15) is 10.4 Å². The SMILES string of the molecule is O=C(Nc1ccc(F)cc1)c1cncc(Nc2ccccc2F)c1. The summed E-state index contributed by atoms with van der Waals surface area (Å²) in [4.78, 5) is 16.2. The molecule has 0 saturated carbocycles. The summed E-state index contributed by atoms with van der Waals surface area (Å²) in [5, 5.41) is 5.51. The van der Waals surface area contributed by atoms with Crippen LogP contribution >= 0.6 is 0 Å². The Kier molecular flexibility index (Phi) is 4.47. The third-order valence-corrected chi connectivity index (χ3v) is 3.26. The van der Waals surface area contributed by atoms with E-state index in [4.69, 9.17) is 0 Å². The summed E-state index contributed by atoms with van der Waals surface area (Å²) in [6, 6.07) is 13.2. The van der Waals surface area contributed by atoms with Crippen molar-refractivity contribution in [2.75, 3.05) is 10.6 Å². The van der Waals surface area contributed by atoms with Crippen molar-refractivity contribution in [2.24, 2.45) is 0 Å². The molecule has 2 N–H and O–H groups in total. The highest BCUT2D eigenvalue weighted by Crippen LogP contribution is 2.20. The number of halogens is 2. The van der Waals surface area contributed by atoms with Crippen molar-refractivity contribution in [1.82, 2.24) is 4.98 Å². The number of anilines is 3. The summed E-state index contributed by atoms with van der Waals surface area (Å²) in [6.07, 6.45) is 2.88. The molecule has 0 bridgehead atoms. The van der Waals surface area contributed by atoms with E-state index >= 15 is 0 Å². The molecule has 0 unspecified atom stereocenters. The van der Waals surface area contributed by atoms with Crippen LogP contribution in [-0.2, 0) is 0 Å². The van der Waals surface area contributed by atoms with Gasteiger partial charge in [-0.3, -0.25) is 9.78 Å². The largest absolute Gasteiger partial charge is 0.352 e. The Morgan fingerprint density at radius 2 is 1.67 bits per heavy atom. The third kappa shape index (κ3) is 3.73. The Labute approximate surface area is 137 Å². The van der Waals surface area contributed by atoms with Crippen LogP contribution in [0.2, 0.25) is 0 Å². The number of rotatable bonds is 4. The number of nitrogens with one attached hydrogen (secondary N) is 2. The van der Waals surface area contributed by atoms with Gasteiger partial charge >= 0.3 is 0 Å². The second-order valence-electron chi connectivity index (χ2n) is 5.03. The van der Waals surface area contributed by atoms with Crippen LogP contribution in [0, 0.1) is 11.6 Å². The number of nitrogens with zero attached hydrogens (tertiary/aromatic N) is 1. The van der Waals surface area contributed by atoms with Gasteiger partial charge in [0.25, 0.3) is 5.91 Å². The first kappa shape index (κ1) is 15.6. The number of pyridine rings is 1. The lowest BCUT2D eigenvalue weighted by molar-refractivity contribution is 0.102. The molecule has 0 atom stereocenters. The van der Waals surface area contributed by atoms with Crippen LogP contribution in [0.4, 0.5) is 25.8 Å². The number of benzene rings is 2. The molecule has 0 radical (unpaired) electrons. The quantitative estimate of drug-likeness (QED) is 0.749. The summed E-state index contributed by atoms with van der Waals surface area (Å²) in [5.74, 6) is -1.18. The summed E-state index contributed by atoms with van der Waals surface area (Å²) in [7, 11) is 0. The minimum atomic E-state index is -0.404. The molecule has 1 heterocycles. The van der Waals surface area contributed by atoms with Crippen LogP contribution in [0.3, 0.4) is 0 Å². The van der Waals surface area contributed by atoms with E-state index in [1.54, 1.807) is 24.3 Å². The molecular formula is C18H13F2N3O. The van der Waals surface area contributed by atoms with Crippen molar-refractivity contribution in [2.45, 2.75) is 0 Å². The van der Waals surface area contributed by atoms with Crippen LogP contribution in [0.5, 0.6) is 0 Å². The zero-order valence-corrected chi connectivity index (χ0v) is 12.5. The van der Waals surface area contributed by atoms with E-state index in [0.29, 0.717) is 16.9 Å². The van der Waals surface area contributed by atoms with Gasteiger partial charge in [0, 0.05) is 11.9 Å². The molecule has 1 aromatic heterocycles. The lowest BCUT2D eigenvalue weighted by Gasteiger charge is -2.09. The van der Waals surface area contributed by atoms with Crippen molar-refractivity contribution in [3.05, 3.63) is 84.2 Å². The van der Waals surface area contributed by atoms with Gasteiger partial charge in [-0.25, -0.2) is 8.78 Å². The molecule has 2 aromatic carbocycles. The van der Waals surface area contributed by atoms with Gasteiger partial charge in [-0.15, -0.1) is 0 Å². The maximum Gasteiger partial charge on any atom is 0.257 e. The maximum atomic E-state index is 13.7. The zero-order chi connectivity index (χ0) is 16.9. The van der Waals surface area contributed by atoms with E-state index in [1.807, 2.05) is 0 Å². The molecule has 6 heteroatoms. The highest BCUT2D eigenvalue weighted by Gasteiger charge is 2.09. The highest BCUT2D eigenvalue weighted by atomic mass is 19.1. The van der Waals surface area contributed by atoms with Crippen LogP contribution in [0.25, 0.3) is 0 Å². The van der Waals surface area contributed by atoms with Gasteiger partial charge in [-0.05, 0) is 42.5 Å². The minimum Gasteiger partial charge on any atom is -0.352 e. The molecule has 0 saturated heterocycles. The van der Waals surface area contributed by atoms with Crippen LogP contribution in [0.15, 0.2) is 67.0 Å². The summed E-state index contributed by atoms with van der Waals surface area (Å²) < 4.78 is 26.5. The summed E-state index contributed by atoms with van der Waals surface area (Å²) in [6.45, 7) is 0. The van der Waals surface area contributed by atoms with Crippen LogP contribution < -0.4 is 10.6 Å². The first-order valence-electron chi connectivity index (χ1n) is 7.15. The number of aromatic nitrogens is 1. The van der Waals surface area contributed by atoms with Gasteiger partial charge < -0.3 is 10.6 Å². The normalized spacial score (nSPS) is 10.2. The van der Waals surface area contributed by atoms with E-state index in [1.165, 1.54) is 42.7 Å².